The van der Waals surface area contributed by atoms with E-state index < -0.39 is 0 Å². The van der Waals surface area contributed by atoms with Gasteiger partial charge in [-0.05, 0) is 31.5 Å². The lowest BCUT2D eigenvalue weighted by Gasteiger charge is -2.27. The van der Waals surface area contributed by atoms with Gasteiger partial charge in [-0.2, -0.15) is 0 Å². The molecule has 0 bridgehead atoms. The molecule has 3 nitrogen and oxygen atoms in total. The van der Waals surface area contributed by atoms with Crippen molar-refractivity contribution in [1.29, 1.82) is 0 Å². The van der Waals surface area contributed by atoms with Crippen molar-refractivity contribution in [3.05, 3.63) is 59.7 Å². The van der Waals surface area contributed by atoms with E-state index in [0.717, 1.165) is 28.6 Å². The van der Waals surface area contributed by atoms with Gasteiger partial charge in [0.1, 0.15) is 0 Å². The third-order valence-corrected chi connectivity index (χ3v) is 4.50. The average molecular weight is 290 g/mol. The van der Waals surface area contributed by atoms with Gasteiger partial charge in [-0.1, -0.05) is 36.4 Å². The fourth-order valence-electron chi connectivity index (χ4n) is 3.48. The van der Waals surface area contributed by atoms with Crippen molar-refractivity contribution in [2.75, 3.05) is 4.90 Å². The number of aromatic hydroxyl groups is 1. The highest BCUT2D eigenvalue weighted by molar-refractivity contribution is 5.98. The van der Waals surface area contributed by atoms with Gasteiger partial charge in [-0.3, -0.25) is 0 Å². The van der Waals surface area contributed by atoms with E-state index in [1.165, 1.54) is 11.3 Å². The molecular weight excluding hydrogens is 272 g/mol. The lowest BCUT2D eigenvalue weighted by atomic mass is 10.1. The molecule has 22 heavy (non-hydrogen) atoms. The van der Waals surface area contributed by atoms with Gasteiger partial charge in [0.25, 0.3) is 0 Å². The molecule has 2 aromatic carbocycles. The fourth-order valence-corrected chi connectivity index (χ4v) is 3.48. The first-order valence-electron chi connectivity index (χ1n) is 7.62. The third kappa shape index (κ3) is 1.78. The number of pyridine rings is 1. The number of rotatable bonds is 1. The average Bonchev–Trinajstić information content (AvgIpc) is 2.86. The number of anilines is 2. The molecule has 2 heterocycles. The van der Waals surface area contributed by atoms with E-state index in [9.17, 15) is 5.11 Å². The van der Waals surface area contributed by atoms with Crippen molar-refractivity contribution >= 4 is 22.3 Å². The van der Waals surface area contributed by atoms with Gasteiger partial charge < -0.3 is 10.0 Å². The molecule has 1 aliphatic rings. The molecule has 0 amide bonds. The summed E-state index contributed by atoms with van der Waals surface area (Å²) >= 11 is 0. The number of para-hydroxylation sites is 2. The Balaban J connectivity index is 2.04. The maximum Gasteiger partial charge on any atom is 0.216 e. The Labute approximate surface area is 129 Å². The Morgan fingerprint density at radius 2 is 1.82 bits per heavy atom. The molecule has 1 N–H and O–H groups in total. The molecule has 0 saturated carbocycles. The second-order valence-corrected chi connectivity index (χ2v) is 5.99. The summed E-state index contributed by atoms with van der Waals surface area (Å²) in [6.07, 6.45) is 0.813. The summed E-state index contributed by atoms with van der Waals surface area (Å²) in [4.78, 5) is 6.70. The minimum absolute atomic E-state index is 0.164. The first-order valence-corrected chi connectivity index (χ1v) is 7.62. The second kappa shape index (κ2) is 4.73. The van der Waals surface area contributed by atoms with Crippen molar-refractivity contribution in [1.82, 2.24) is 4.98 Å². The molecule has 1 atom stereocenters. The minimum atomic E-state index is 0.164. The van der Waals surface area contributed by atoms with Gasteiger partial charge in [0, 0.05) is 29.1 Å². The van der Waals surface area contributed by atoms with E-state index in [4.69, 9.17) is 0 Å². The molecule has 1 unspecified atom stereocenters. The van der Waals surface area contributed by atoms with Gasteiger partial charge in [0.05, 0.1) is 11.2 Å². The number of fused-ring (bicyclic) bond motifs is 3. The van der Waals surface area contributed by atoms with Crippen LogP contribution in [0, 0.1) is 6.92 Å². The first-order chi connectivity index (χ1) is 10.7. The monoisotopic (exact) mass is 290 g/mol. The molecule has 1 aromatic heterocycles. The van der Waals surface area contributed by atoms with Crippen LogP contribution in [0.1, 0.15) is 18.1 Å². The van der Waals surface area contributed by atoms with E-state index in [-0.39, 0.29) is 5.88 Å². The van der Waals surface area contributed by atoms with Crippen molar-refractivity contribution in [2.24, 2.45) is 0 Å². The van der Waals surface area contributed by atoms with Crippen LogP contribution in [-0.4, -0.2) is 16.1 Å². The number of aromatic nitrogens is 1. The molecule has 0 saturated heterocycles. The summed E-state index contributed by atoms with van der Waals surface area (Å²) < 4.78 is 0. The topological polar surface area (TPSA) is 36.4 Å². The van der Waals surface area contributed by atoms with Crippen LogP contribution in [0.5, 0.6) is 5.88 Å². The maximum absolute atomic E-state index is 10.3. The molecule has 0 radical (unpaired) electrons. The number of hydrogen-bond acceptors (Lipinski definition) is 3. The van der Waals surface area contributed by atoms with Gasteiger partial charge in [-0.25, -0.2) is 4.98 Å². The molecule has 3 aromatic rings. The van der Waals surface area contributed by atoms with E-state index in [1.54, 1.807) is 0 Å². The van der Waals surface area contributed by atoms with Crippen molar-refractivity contribution in [3.63, 3.8) is 0 Å². The SMILES string of the molecule is Cc1ccccc1N1c2c(c(O)nc3ccccc23)CC1C. The zero-order valence-corrected chi connectivity index (χ0v) is 12.7. The molecule has 110 valence electrons. The molecule has 4 rings (SSSR count). The third-order valence-electron chi connectivity index (χ3n) is 4.50. The number of aryl methyl sites for hydroxylation is 1. The van der Waals surface area contributed by atoms with Crippen LogP contribution in [-0.2, 0) is 6.42 Å². The predicted octanol–water partition coefficient (Wildman–Crippen LogP) is 4.33. The molecule has 0 spiro atoms. The van der Waals surface area contributed by atoms with Crippen molar-refractivity contribution < 1.29 is 5.11 Å². The van der Waals surface area contributed by atoms with Gasteiger partial charge in [0.15, 0.2) is 0 Å². The summed E-state index contributed by atoms with van der Waals surface area (Å²) in [5.74, 6) is 0.164. The highest BCUT2D eigenvalue weighted by atomic mass is 16.3. The summed E-state index contributed by atoms with van der Waals surface area (Å²) in [7, 11) is 0. The Hall–Kier alpha value is -2.55. The van der Waals surface area contributed by atoms with Crippen LogP contribution in [0.2, 0.25) is 0 Å². The molecule has 3 heteroatoms. The second-order valence-electron chi connectivity index (χ2n) is 5.99. The number of hydrogen-bond donors (Lipinski definition) is 1. The lowest BCUT2D eigenvalue weighted by Crippen LogP contribution is -2.24. The highest BCUT2D eigenvalue weighted by Gasteiger charge is 2.32. The van der Waals surface area contributed by atoms with Crippen LogP contribution in [0.3, 0.4) is 0 Å². The van der Waals surface area contributed by atoms with Crippen molar-refractivity contribution in [2.45, 2.75) is 26.3 Å². The van der Waals surface area contributed by atoms with Crippen LogP contribution < -0.4 is 4.90 Å². The lowest BCUT2D eigenvalue weighted by molar-refractivity contribution is 0.449. The smallest absolute Gasteiger partial charge is 0.216 e. The van der Waals surface area contributed by atoms with Crippen LogP contribution >= 0.6 is 0 Å². The Kier molecular flexibility index (Phi) is 2.83. The van der Waals surface area contributed by atoms with Crippen molar-refractivity contribution in [3.8, 4) is 5.88 Å². The van der Waals surface area contributed by atoms with E-state index in [1.807, 2.05) is 18.2 Å². The van der Waals surface area contributed by atoms with E-state index in [2.05, 4.69) is 54.1 Å². The Bertz CT molecular complexity index is 872. The highest BCUT2D eigenvalue weighted by Crippen LogP contribution is 2.46. The van der Waals surface area contributed by atoms with Gasteiger partial charge >= 0.3 is 0 Å². The fraction of sp³-hybridized carbons (Fsp3) is 0.211. The van der Waals surface area contributed by atoms with Gasteiger partial charge in [-0.15, -0.1) is 0 Å². The summed E-state index contributed by atoms with van der Waals surface area (Å²) in [6.45, 7) is 4.32. The molecule has 0 aliphatic carbocycles. The van der Waals surface area contributed by atoms with Crippen LogP contribution in [0.15, 0.2) is 48.5 Å². The molecule has 0 fully saturated rings. The van der Waals surface area contributed by atoms with Crippen LogP contribution in [0.25, 0.3) is 10.9 Å². The normalized spacial score (nSPS) is 17.0. The van der Waals surface area contributed by atoms with Crippen LogP contribution in [0.4, 0.5) is 11.4 Å². The van der Waals surface area contributed by atoms with E-state index in [0.29, 0.717) is 6.04 Å². The zero-order valence-electron chi connectivity index (χ0n) is 12.7. The summed E-state index contributed by atoms with van der Waals surface area (Å²) in [5, 5.41) is 11.4. The Morgan fingerprint density at radius 1 is 1.09 bits per heavy atom. The van der Waals surface area contributed by atoms with Gasteiger partial charge in [0.2, 0.25) is 5.88 Å². The maximum atomic E-state index is 10.3. The Morgan fingerprint density at radius 3 is 2.64 bits per heavy atom. The van der Waals surface area contributed by atoms with E-state index >= 15 is 0 Å². The molecular formula is C19H18N2O. The largest absolute Gasteiger partial charge is 0.493 e. The summed E-state index contributed by atoms with van der Waals surface area (Å²) in [6, 6.07) is 16.7. The minimum Gasteiger partial charge on any atom is -0.493 e. The first kappa shape index (κ1) is 13.1. The quantitative estimate of drug-likeness (QED) is 0.724. The number of benzene rings is 2. The predicted molar refractivity (Wildman–Crippen MR) is 89.9 cm³/mol. The zero-order chi connectivity index (χ0) is 15.3. The standard InChI is InChI=1S/C19H18N2O/c1-12-7-3-6-10-17(12)21-13(2)11-15-18(21)14-8-4-5-9-16(14)20-19(15)22/h3-10,13H,11H2,1-2H3,(H,20,22). The molecule has 1 aliphatic heterocycles. The number of nitrogens with zero attached hydrogens (tertiary/aromatic N) is 2. The summed E-state index contributed by atoms with van der Waals surface area (Å²) in [5.41, 5.74) is 5.33.